The number of rotatable bonds is 5. The molecule has 112 valence electrons. The maximum absolute atomic E-state index is 12.4. The van der Waals surface area contributed by atoms with Gasteiger partial charge >= 0.3 is 0 Å². The molecule has 3 N–H and O–H groups in total. The van der Waals surface area contributed by atoms with Crippen LogP contribution in [0, 0.1) is 13.8 Å². The van der Waals surface area contributed by atoms with Crippen molar-refractivity contribution >= 4 is 10.0 Å². The van der Waals surface area contributed by atoms with E-state index in [1.807, 2.05) is 37.3 Å². The molecular formula is C16H20N2O2S. The zero-order chi connectivity index (χ0) is 15.5. The highest BCUT2D eigenvalue weighted by Gasteiger charge is 2.17. The normalized spacial score (nSPS) is 11.6. The molecule has 0 unspecified atom stereocenters. The maximum atomic E-state index is 12.4. The van der Waals surface area contributed by atoms with Gasteiger partial charge in [0.2, 0.25) is 10.0 Å². The topological polar surface area (TPSA) is 72.2 Å². The quantitative estimate of drug-likeness (QED) is 0.890. The SMILES string of the molecule is Cc1ccc(CNS(=O)(=O)c2cccc(CN)c2C)cc1. The number of hydrogen-bond acceptors (Lipinski definition) is 3. The number of sulfonamides is 1. The Balaban J connectivity index is 2.21. The summed E-state index contributed by atoms with van der Waals surface area (Å²) in [7, 11) is -3.54. The molecule has 0 aliphatic carbocycles. The number of nitrogens with two attached hydrogens (primary N) is 1. The molecule has 0 aliphatic rings. The van der Waals surface area contributed by atoms with Crippen molar-refractivity contribution in [3.63, 3.8) is 0 Å². The van der Waals surface area contributed by atoms with Crippen LogP contribution in [0.5, 0.6) is 0 Å². The Bertz CT molecular complexity index is 722. The van der Waals surface area contributed by atoms with Crippen molar-refractivity contribution in [3.8, 4) is 0 Å². The third-order valence-corrected chi connectivity index (χ3v) is 5.04. The first-order valence-corrected chi connectivity index (χ1v) is 8.26. The van der Waals surface area contributed by atoms with Gasteiger partial charge in [-0.15, -0.1) is 0 Å². The smallest absolute Gasteiger partial charge is 0.241 e. The summed E-state index contributed by atoms with van der Waals surface area (Å²) in [6.45, 7) is 4.38. The van der Waals surface area contributed by atoms with Crippen LogP contribution >= 0.6 is 0 Å². The summed E-state index contributed by atoms with van der Waals surface area (Å²) in [5.74, 6) is 0. The summed E-state index contributed by atoms with van der Waals surface area (Å²) in [4.78, 5) is 0.289. The average molecular weight is 304 g/mol. The molecule has 0 bridgehead atoms. The minimum atomic E-state index is -3.54. The van der Waals surface area contributed by atoms with Gasteiger partial charge in [0, 0.05) is 13.1 Å². The second-order valence-electron chi connectivity index (χ2n) is 5.05. The Morgan fingerprint density at radius 1 is 1.05 bits per heavy atom. The Labute approximate surface area is 126 Å². The number of hydrogen-bond donors (Lipinski definition) is 2. The molecule has 0 spiro atoms. The summed E-state index contributed by atoms with van der Waals surface area (Å²) in [5.41, 5.74) is 9.25. The molecule has 21 heavy (non-hydrogen) atoms. The number of nitrogens with one attached hydrogen (secondary N) is 1. The molecule has 0 saturated carbocycles. The minimum Gasteiger partial charge on any atom is -0.326 e. The standard InChI is InChI=1S/C16H20N2O2S/c1-12-6-8-14(9-7-12)11-18-21(19,20)16-5-3-4-15(10-17)13(16)2/h3-9,18H,10-11,17H2,1-2H3. The Morgan fingerprint density at radius 2 is 1.71 bits per heavy atom. The molecular weight excluding hydrogens is 284 g/mol. The minimum absolute atomic E-state index is 0.273. The second kappa shape index (κ2) is 6.39. The highest BCUT2D eigenvalue weighted by molar-refractivity contribution is 7.89. The summed E-state index contributed by atoms with van der Waals surface area (Å²) in [5, 5.41) is 0. The molecule has 0 amide bonds. The van der Waals surface area contributed by atoms with Crippen LogP contribution in [-0.4, -0.2) is 8.42 Å². The molecule has 2 rings (SSSR count). The van der Waals surface area contributed by atoms with Gasteiger partial charge in [0.1, 0.15) is 0 Å². The average Bonchev–Trinajstić information content (AvgIpc) is 2.47. The van der Waals surface area contributed by atoms with Crippen LogP contribution in [0.1, 0.15) is 22.3 Å². The highest BCUT2D eigenvalue weighted by atomic mass is 32.2. The van der Waals surface area contributed by atoms with Crippen LogP contribution in [0.3, 0.4) is 0 Å². The monoisotopic (exact) mass is 304 g/mol. The Hall–Kier alpha value is -1.69. The van der Waals surface area contributed by atoms with Crippen LogP contribution in [-0.2, 0) is 23.1 Å². The molecule has 0 saturated heterocycles. The number of aryl methyl sites for hydroxylation is 1. The molecule has 0 aliphatic heterocycles. The molecule has 2 aromatic carbocycles. The zero-order valence-electron chi connectivity index (χ0n) is 12.3. The lowest BCUT2D eigenvalue weighted by atomic mass is 10.1. The Morgan fingerprint density at radius 3 is 2.33 bits per heavy atom. The third-order valence-electron chi connectivity index (χ3n) is 3.49. The fourth-order valence-electron chi connectivity index (χ4n) is 2.13. The fourth-order valence-corrected chi connectivity index (χ4v) is 3.44. The summed E-state index contributed by atoms with van der Waals surface area (Å²) in [6, 6.07) is 12.9. The van der Waals surface area contributed by atoms with E-state index in [0.29, 0.717) is 12.1 Å². The van der Waals surface area contributed by atoms with E-state index >= 15 is 0 Å². The van der Waals surface area contributed by atoms with Crippen LogP contribution in [0.4, 0.5) is 0 Å². The predicted molar refractivity (Wildman–Crippen MR) is 84.3 cm³/mol. The van der Waals surface area contributed by atoms with Crippen molar-refractivity contribution in [3.05, 3.63) is 64.7 Å². The van der Waals surface area contributed by atoms with Crippen molar-refractivity contribution in [1.82, 2.24) is 4.72 Å². The van der Waals surface area contributed by atoms with E-state index in [0.717, 1.165) is 16.7 Å². The first-order chi connectivity index (χ1) is 9.94. The Kier molecular flexibility index (Phi) is 4.77. The molecule has 0 heterocycles. The van der Waals surface area contributed by atoms with E-state index in [1.165, 1.54) is 0 Å². The first-order valence-electron chi connectivity index (χ1n) is 6.78. The second-order valence-corrected chi connectivity index (χ2v) is 6.79. The van der Waals surface area contributed by atoms with Gasteiger partial charge in [0.25, 0.3) is 0 Å². The lowest BCUT2D eigenvalue weighted by Crippen LogP contribution is -2.24. The van der Waals surface area contributed by atoms with Gasteiger partial charge in [-0.25, -0.2) is 13.1 Å². The third kappa shape index (κ3) is 3.69. The van der Waals surface area contributed by atoms with Crippen molar-refractivity contribution in [2.24, 2.45) is 5.73 Å². The molecule has 0 atom stereocenters. The van der Waals surface area contributed by atoms with Gasteiger partial charge < -0.3 is 5.73 Å². The zero-order valence-corrected chi connectivity index (χ0v) is 13.1. The van der Waals surface area contributed by atoms with E-state index in [2.05, 4.69) is 4.72 Å². The van der Waals surface area contributed by atoms with E-state index in [-0.39, 0.29) is 11.4 Å². The van der Waals surface area contributed by atoms with Crippen molar-refractivity contribution in [2.45, 2.75) is 31.8 Å². The number of benzene rings is 2. The molecule has 5 heteroatoms. The van der Waals surface area contributed by atoms with Gasteiger partial charge in [-0.05, 0) is 36.6 Å². The first kappa shape index (κ1) is 15.7. The van der Waals surface area contributed by atoms with Crippen LogP contribution in [0.25, 0.3) is 0 Å². The van der Waals surface area contributed by atoms with E-state index < -0.39 is 10.0 Å². The van der Waals surface area contributed by atoms with Crippen LogP contribution in [0.2, 0.25) is 0 Å². The van der Waals surface area contributed by atoms with Crippen molar-refractivity contribution in [2.75, 3.05) is 0 Å². The van der Waals surface area contributed by atoms with Gasteiger partial charge in [-0.2, -0.15) is 0 Å². The van der Waals surface area contributed by atoms with Gasteiger partial charge in [0.05, 0.1) is 4.90 Å². The lowest BCUT2D eigenvalue weighted by Gasteiger charge is -2.12. The van der Waals surface area contributed by atoms with Crippen LogP contribution < -0.4 is 10.5 Å². The van der Waals surface area contributed by atoms with E-state index in [4.69, 9.17) is 5.73 Å². The van der Waals surface area contributed by atoms with Gasteiger partial charge in [-0.3, -0.25) is 0 Å². The van der Waals surface area contributed by atoms with E-state index in [1.54, 1.807) is 19.1 Å². The lowest BCUT2D eigenvalue weighted by molar-refractivity contribution is 0.580. The van der Waals surface area contributed by atoms with Gasteiger partial charge in [0.15, 0.2) is 0 Å². The fraction of sp³-hybridized carbons (Fsp3) is 0.250. The highest BCUT2D eigenvalue weighted by Crippen LogP contribution is 2.18. The summed E-state index contributed by atoms with van der Waals surface area (Å²) in [6.07, 6.45) is 0. The molecule has 0 fully saturated rings. The summed E-state index contributed by atoms with van der Waals surface area (Å²) < 4.78 is 27.5. The molecule has 0 aromatic heterocycles. The molecule has 2 aromatic rings. The van der Waals surface area contributed by atoms with Crippen LogP contribution in [0.15, 0.2) is 47.4 Å². The summed E-state index contributed by atoms with van der Waals surface area (Å²) >= 11 is 0. The predicted octanol–water partition coefficient (Wildman–Crippen LogP) is 2.24. The molecule has 4 nitrogen and oxygen atoms in total. The maximum Gasteiger partial charge on any atom is 0.241 e. The largest absolute Gasteiger partial charge is 0.326 e. The van der Waals surface area contributed by atoms with Crippen molar-refractivity contribution in [1.29, 1.82) is 0 Å². The van der Waals surface area contributed by atoms with Crippen molar-refractivity contribution < 1.29 is 8.42 Å². The van der Waals surface area contributed by atoms with Gasteiger partial charge in [-0.1, -0.05) is 42.0 Å². The molecule has 0 radical (unpaired) electrons. The van der Waals surface area contributed by atoms with E-state index in [9.17, 15) is 8.42 Å².